The lowest BCUT2D eigenvalue weighted by molar-refractivity contribution is -0.384. The van der Waals surface area contributed by atoms with Crippen LogP contribution in [0.25, 0.3) is 10.9 Å². The van der Waals surface area contributed by atoms with Gasteiger partial charge in [-0.25, -0.2) is 0 Å². The van der Waals surface area contributed by atoms with Crippen LogP contribution in [-0.2, 0) is 0 Å². The fraction of sp³-hybridized carbons (Fsp3) is 0.0588. The molecule has 3 rings (SSSR count). The Hall–Kier alpha value is -2.99. The summed E-state index contributed by atoms with van der Waals surface area (Å²) >= 11 is 5.90. The van der Waals surface area contributed by atoms with Gasteiger partial charge in [-0.15, -0.1) is 0 Å². The van der Waals surface area contributed by atoms with Gasteiger partial charge in [-0.2, -0.15) is 0 Å². The second kappa shape index (κ2) is 6.25. The first-order valence-electron chi connectivity index (χ1n) is 7.07. The van der Waals surface area contributed by atoms with Crippen LogP contribution in [0.5, 0.6) is 0 Å². The third-order valence-electron chi connectivity index (χ3n) is 3.47. The molecule has 0 fully saturated rings. The van der Waals surface area contributed by atoms with Gasteiger partial charge in [-0.1, -0.05) is 17.7 Å². The van der Waals surface area contributed by atoms with E-state index in [0.717, 1.165) is 0 Å². The zero-order valence-corrected chi connectivity index (χ0v) is 13.4. The topological polar surface area (TPSA) is 85.1 Å². The second-order valence-electron chi connectivity index (χ2n) is 5.23. The number of carbonyl (C=O) groups excluding carboxylic acids is 1. The minimum Gasteiger partial charge on any atom is -0.321 e. The van der Waals surface area contributed by atoms with Gasteiger partial charge in [0, 0.05) is 33.8 Å². The van der Waals surface area contributed by atoms with Crippen LogP contribution in [0.15, 0.2) is 48.5 Å². The molecule has 0 bridgehead atoms. The highest BCUT2D eigenvalue weighted by atomic mass is 35.5. The molecule has 0 spiro atoms. The number of rotatable bonds is 3. The molecule has 6 nitrogen and oxygen atoms in total. The van der Waals surface area contributed by atoms with E-state index in [4.69, 9.17) is 11.6 Å². The lowest BCUT2D eigenvalue weighted by Crippen LogP contribution is -2.12. The van der Waals surface area contributed by atoms with Crippen molar-refractivity contribution in [2.75, 3.05) is 5.32 Å². The minimum atomic E-state index is -0.484. The lowest BCUT2D eigenvalue weighted by Gasteiger charge is -2.10. The fourth-order valence-corrected chi connectivity index (χ4v) is 2.58. The molecular weight excluding hydrogens is 330 g/mol. The highest BCUT2D eigenvalue weighted by molar-refractivity contribution is 6.31. The van der Waals surface area contributed by atoms with E-state index < -0.39 is 4.92 Å². The van der Waals surface area contributed by atoms with Gasteiger partial charge in [0.25, 0.3) is 11.6 Å². The van der Waals surface area contributed by atoms with Crippen molar-refractivity contribution in [3.05, 3.63) is 74.9 Å². The molecule has 1 aromatic heterocycles. The van der Waals surface area contributed by atoms with E-state index in [1.165, 1.54) is 12.1 Å². The summed E-state index contributed by atoms with van der Waals surface area (Å²) in [6.45, 7) is 1.79. The van der Waals surface area contributed by atoms with Crippen LogP contribution in [0.4, 0.5) is 11.4 Å². The first-order chi connectivity index (χ1) is 11.4. The zero-order chi connectivity index (χ0) is 17.3. The van der Waals surface area contributed by atoms with Gasteiger partial charge in [-0.05, 0) is 37.3 Å². The molecule has 1 amide bonds. The molecule has 7 heteroatoms. The van der Waals surface area contributed by atoms with E-state index in [9.17, 15) is 14.9 Å². The number of aromatic nitrogens is 1. The molecule has 1 heterocycles. The number of pyridine rings is 1. The Kier molecular flexibility index (Phi) is 4.14. The smallest absolute Gasteiger partial charge is 0.270 e. The summed E-state index contributed by atoms with van der Waals surface area (Å²) in [7, 11) is 0. The Morgan fingerprint density at radius 3 is 2.71 bits per heavy atom. The number of hydrogen-bond acceptors (Lipinski definition) is 4. The van der Waals surface area contributed by atoms with Gasteiger partial charge < -0.3 is 5.32 Å². The van der Waals surface area contributed by atoms with Crippen LogP contribution in [0, 0.1) is 17.0 Å². The van der Waals surface area contributed by atoms with Gasteiger partial charge >= 0.3 is 0 Å². The number of nitrogens with one attached hydrogen (secondary N) is 1. The monoisotopic (exact) mass is 341 g/mol. The van der Waals surface area contributed by atoms with Crippen molar-refractivity contribution in [3.63, 3.8) is 0 Å². The van der Waals surface area contributed by atoms with Crippen molar-refractivity contribution in [3.8, 4) is 0 Å². The summed E-state index contributed by atoms with van der Waals surface area (Å²) in [5.41, 5.74) is 2.06. The number of benzene rings is 2. The number of aryl methyl sites for hydroxylation is 1. The Labute approximate surface area is 142 Å². The molecule has 1 N–H and O–H groups in total. The third-order valence-corrected chi connectivity index (χ3v) is 3.70. The maximum atomic E-state index is 12.4. The summed E-state index contributed by atoms with van der Waals surface area (Å²) in [5.74, 6) is -0.351. The maximum absolute atomic E-state index is 12.4. The number of hydrogen-bond donors (Lipinski definition) is 1. The molecule has 0 saturated carbocycles. The van der Waals surface area contributed by atoms with Crippen LogP contribution < -0.4 is 5.32 Å². The predicted octanol–water partition coefficient (Wildman–Crippen LogP) is 4.36. The molecule has 24 heavy (non-hydrogen) atoms. The van der Waals surface area contributed by atoms with E-state index in [1.54, 1.807) is 43.3 Å². The van der Waals surface area contributed by atoms with Crippen LogP contribution in [0.1, 0.15) is 16.1 Å². The molecule has 0 aliphatic rings. The Morgan fingerprint density at radius 2 is 2.00 bits per heavy atom. The first-order valence-corrected chi connectivity index (χ1v) is 7.44. The Balaban J connectivity index is 2.06. The quantitative estimate of drug-likeness (QED) is 0.566. The molecular formula is C17H12ClN3O3. The van der Waals surface area contributed by atoms with Crippen molar-refractivity contribution < 1.29 is 9.72 Å². The van der Waals surface area contributed by atoms with E-state index in [1.807, 2.05) is 0 Å². The number of nitro benzene ring substituents is 1. The highest BCUT2D eigenvalue weighted by Gasteiger charge is 2.13. The summed E-state index contributed by atoms with van der Waals surface area (Å²) in [4.78, 5) is 27.3. The van der Waals surface area contributed by atoms with Crippen LogP contribution in [-0.4, -0.2) is 15.8 Å². The van der Waals surface area contributed by atoms with E-state index in [-0.39, 0.29) is 11.6 Å². The minimum absolute atomic E-state index is 0.0635. The molecule has 2 aromatic carbocycles. The first kappa shape index (κ1) is 15.9. The largest absolute Gasteiger partial charge is 0.321 e. The highest BCUT2D eigenvalue weighted by Crippen LogP contribution is 2.27. The van der Waals surface area contributed by atoms with Crippen LogP contribution in [0.2, 0.25) is 5.02 Å². The Bertz CT molecular complexity index is 972. The number of non-ortho nitro benzene ring substituents is 1. The fourth-order valence-electron chi connectivity index (χ4n) is 2.39. The molecule has 0 radical (unpaired) electrons. The number of anilines is 1. The zero-order valence-electron chi connectivity index (χ0n) is 12.6. The lowest BCUT2D eigenvalue weighted by atomic mass is 10.1. The SMILES string of the molecule is Cc1cc(NC(=O)c2cccc(Cl)c2)c2cc([N+](=O)[O-])ccc2n1. The van der Waals surface area contributed by atoms with Crippen LogP contribution in [0.3, 0.4) is 0 Å². The van der Waals surface area contributed by atoms with Crippen molar-refractivity contribution >= 4 is 39.8 Å². The molecule has 0 saturated heterocycles. The van der Waals surface area contributed by atoms with Crippen molar-refractivity contribution in [2.45, 2.75) is 6.92 Å². The Morgan fingerprint density at radius 1 is 1.21 bits per heavy atom. The van der Waals surface area contributed by atoms with Gasteiger partial charge in [-0.3, -0.25) is 19.9 Å². The van der Waals surface area contributed by atoms with E-state index in [0.29, 0.717) is 32.9 Å². The van der Waals surface area contributed by atoms with Gasteiger partial charge in [0.2, 0.25) is 0 Å². The standard InChI is InChI=1S/C17H12ClN3O3/c1-10-7-16(20-17(22)11-3-2-4-12(18)8-11)14-9-13(21(23)24)5-6-15(14)19-10/h2-9H,1H3,(H,19,20,22). The number of carbonyl (C=O) groups is 1. The van der Waals surface area contributed by atoms with Gasteiger partial charge in [0.05, 0.1) is 16.1 Å². The molecule has 0 unspecified atom stereocenters. The van der Waals surface area contributed by atoms with Crippen molar-refractivity contribution in [2.24, 2.45) is 0 Å². The summed E-state index contributed by atoms with van der Waals surface area (Å²) in [5, 5.41) is 14.7. The van der Waals surface area contributed by atoms with E-state index in [2.05, 4.69) is 10.3 Å². The van der Waals surface area contributed by atoms with Crippen molar-refractivity contribution in [1.82, 2.24) is 4.98 Å². The normalized spacial score (nSPS) is 10.6. The van der Waals surface area contributed by atoms with Crippen LogP contribution >= 0.6 is 11.6 Å². The number of nitrogens with zero attached hydrogens (tertiary/aromatic N) is 2. The molecule has 3 aromatic rings. The number of amides is 1. The van der Waals surface area contributed by atoms with Gasteiger partial charge in [0.1, 0.15) is 0 Å². The predicted molar refractivity (Wildman–Crippen MR) is 92.5 cm³/mol. The average Bonchev–Trinajstić information content (AvgIpc) is 2.54. The van der Waals surface area contributed by atoms with Crippen molar-refractivity contribution in [1.29, 1.82) is 0 Å². The number of halogens is 1. The molecule has 0 atom stereocenters. The molecule has 0 aliphatic heterocycles. The van der Waals surface area contributed by atoms with Gasteiger partial charge in [0.15, 0.2) is 0 Å². The number of fused-ring (bicyclic) bond motifs is 1. The summed E-state index contributed by atoms with van der Waals surface area (Å²) < 4.78 is 0. The van der Waals surface area contributed by atoms with E-state index >= 15 is 0 Å². The maximum Gasteiger partial charge on any atom is 0.270 e. The number of nitro groups is 1. The summed E-state index contributed by atoms with van der Waals surface area (Å²) in [6, 6.07) is 12.6. The molecule has 120 valence electrons. The third kappa shape index (κ3) is 3.18. The average molecular weight is 342 g/mol. The second-order valence-corrected chi connectivity index (χ2v) is 5.67. The molecule has 0 aliphatic carbocycles. The summed E-state index contributed by atoms with van der Waals surface area (Å²) in [6.07, 6.45) is 0.